The van der Waals surface area contributed by atoms with Gasteiger partial charge in [-0.05, 0) is 46.3 Å². The smallest absolute Gasteiger partial charge is 0.371 e. The van der Waals surface area contributed by atoms with Crippen LogP contribution in [-0.2, 0) is 0 Å². The van der Waals surface area contributed by atoms with Crippen molar-refractivity contribution in [1.82, 2.24) is 0 Å². The first kappa shape index (κ1) is 11.4. The molecule has 2 aromatic rings. The number of hydrogen-bond acceptors (Lipinski definition) is 2. The van der Waals surface area contributed by atoms with E-state index in [0.717, 1.165) is 14.5 Å². The molecule has 82 valence electrons. The van der Waals surface area contributed by atoms with Gasteiger partial charge in [0, 0.05) is 14.5 Å². The summed E-state index contributed by atoms with van der Waals surface area (Å²) in [6, 6.07) is 8.66. The van der Waals surface area contributed by atoms with Gasteiger partial charge in [-0.15, -0.1) is 0 Å². The van der Waals surface area contributed by atoms with Crippen molar-refractivity contribution in [3.05, 3.63) is 45.0 Å². The van der Waals surface area contributed by atoms with Crippen LogP contribution in [0, 0.1) is 0 Å². The Labute approximate surface area is 108 Å². The van der Waals surface area contributed by atoms with Gasteiger partial charge in [0.15, 0.2) is 0 Å². The molecule has 0 spiro atoms. The Morgan fingerprint density at radius 1 is 1.19 bits per heavy atom. The van der Waals surface area contributed by atoms with E-state index in [0.29, 0.717) is 5.76 Å². The summed E-state index contributed by atoms with van der Waals surface area (Å²) < 4.78 is 6.99. The molecule has 1 N–H and O–H groups in total. The molecule has 0 radical (unpaired) electrons. The van der Waals surface area contributed by atoms with Crippen molar-refractivity contribution in [2.45, 2.75) is 0 Å². The fourth-order valence-electron chi connectivity index (χ4n) is 1.29. The van der Waals surface area contributed by atoms with E-state index in [4.69, 9.17) is 9.52 Å². The average molecular weight is 346 g/mol. The summed E-state index contributed by atoms with van der Waals surface area (Å²) in [5.41, 5.74) is 0.815. The van der Waals surface area contributed by atoms with E-state index in [1.807, 2.05) is 18.2 Å². The van der Waals surface area contributed by atoms with E-state index < -0.39 is 5.97 Å². The quantitative estimate of drug-likeness (QED) is 0.888. The van der Waals surface area contributed by atoms with Crippen LogP contribution in [0.5, 0.6) is 0 Å². The highest BCUT2D eigenvalue weighted by atomic mass is 79.9. The lowest BCUT2D eigenvalue weighted by atomic mass is 10.2. The van der Waals surface area contributed by atoms with Crippen molar-refractivity contribution in [2.24, 2.45) is 0 Å². The maximum atomic E-state index is 10.7. The summed E-state index contributed by atoms with van der Waals surface area (Å²) in [5.74, 6) is -0.610. The van der Waals surface area contributed by atoms with Crippen molar-refractivity contribution in [3.8, 4) is 11.3 Å². The lowest BCUT2D eigenvalue weighted by molar-refractivity contribution is 0.0663. The van der Waals surface area contributed by atoms with Gasteiger partial charge in [-0.2, -0.15) is 0 Å². The maximum absolute atomic E-state index is 10.7. The number of hydrogen-bond donors (Lipinski definition) is 1. The summed E-state index contributed by atoms with van der Waals surface area (Å²) in [4.78, 5) is 10.7. The van der Waals surface area contributed by atoms with Gasteiger partial charge in [0.25, 0.3) is 0 Å². The molecule has 1 aromatic heterocycles. The Morgan fingerprint density at radius 2 is 1.94 bits per heavy atom. The first-order valence-electron chi connectivity index (χ1n) is 4.36. The normalized spacial score (nSPS) is 10.4. The zero-order valence-corrected chi connectivity index (χ0v) is 11.1. The van der Waals surface area contributed by atoms with Gasteiger partial charge < -0.3 is 9.52 Å². The van der Waals surface area contributed by atoms with Crippen LogP contribution < -0.4 is 0 Å². The fourth-order valence-corrected chi connectivity index (χ4v) is 2.53. The molecular weight excluding hydrogens is 340 g/mol. The van der Waals surface area contributed by atoms with E-state index in [1.54, 1.807) is 6.07 Å². The SMILES string of the molecule is O=C(O)c1ccc(-c2ccc(Br)cc2Br)o1. The lowest BCUT2D eigenvalue weighted by Crippen LogP contribution is -1.91. The Kier molecular flexibility index (Phi) is 3.16. The van der Waals surface area contributed by atoms with Gasteiger partial charge in [0.05, 0.1) is 0 Å². The number of furan rings is 1. The second-order valence-corrected chi connectivity index (χ2v) is 4.86. The van der Waals surface area contributed by atoms with E-state index >= 15 is 0 Å². The molecule has 16 heavy (non-hydrogen) atoms. The van der Waals surface area contributed by atoms with Crippen LogP contribution in [0.15, 0.2) is 43.7 Å². The monoisotopic (exact) mass is 344 g/mol. The van der Waals surface area contributed by atoms with Crippen molar-refractivity contribution < 1.29 is 14.3 Å². The lowest BCUT2D eigenvalue weighted by Gasteiger charge is -2.01. The Bertz CT molecular complexity index is 546. The first-order valence-corrected chi connectivity index (χ1v) is 5.95. The van der Waals surface area contributed by atoms with Crippen LogP contribution in [-0.4, -0.2) is 11.1 Å². The number of carboxylic acid groups (broad SMARTS) is 1. The summed E-state index contributed by atoms with van der Waals surface area (Å²) in [7, 11) is 0. The molecule has 5 heteroatoms. The summed E-state index contributed by atoms with van der Waals surface area (Å²) >= 11 is 6.74. The molecule has 0 amide bonds. The predicted molar refractivity (Wildman–Crippen MR) is 66.5 cm³/mol. The van der Waals surface area contributed by atoms with Crippen LogP contribution in [0.2, 0.25) is 0 Å². The molecule has 0 bridgehead atoms. The largest absolute Gasteiger partial charge is 0.475 e. The predicted octanol–water partition coefficient (Wildman–Crippen LogP) is 4.17. The topological polar surface area (TPSA) is 50.4 Å². The van der Waals surface area contributed by atoms with Crippen LogP contribution in [0.25, 0.3) is 11.3 Å². The average Bonchev–Trinajstić information content (AvgIpc) is 2.66. The molecule has 0 aliphatic carbocycles. The molecule has 0 aliphatic rings. The van der Waals surface area contributed by atoms with Crippen molar-refractivity contribution in [2.75, 3.05) is 0 Å². The van der Waals surface area contributed by atoms with E-state index in [1.165, 1.54) is 6.07 Å². The molecule has 2 rings (SSSR count). The molecule has 1 aromatic carbocycles. The minimum absolute atomic E-state index is 0.0650. The molecule has 0 unspecified atom stereocenters. The number of carboxylic acids is 1. The molecular formula is C11H6Br2O3. The summed E-state index contributed by atoms with van der Waals surface area (Å²) in [5, 5.41) is 8.75. The van der Waals surface area contributed by atoms with Crippen molar-refractivity contribution >= 4 is 37.8 Å². The van der Waals surface area contributed by atoms with Gasteiger partial charge in [0.2, 0.25) is 5.76 Å². The molecule has 3 nitrogen and oxygen atoms in total. The number of halogens is 2. The molecule has 0 saturated heterocycles. The number of rotatable bonds is 2. The highest BCUT2D eigenvalue weighted by Gasteiger charge is 2.12. The van der Waals surface area contributed by atoms with Crippen LogP contribution in [0.3, 0.4) is 0 Å². The van der Waals surface area contributed by atoms with Gasteiger partial charge in [-0.3, -0.25) is 0 Å². The molecule has 0 saturated carbocycles. The molecule has 0 fully saturated rings. The van der Waals surface area contributed by atoms with Gasteiger partial charge in [-0.1, -0.05) is 15.9 Å². The molecule has 0 atom stereocenters. The Hall–Kier alpha value is -1.07. The third-order valence-corrected chi connectivity index (χ3v) is 3.16. The Balaban J connectivity index is 2.46. The van der Waals surface area contributed by atoms with E-state index in [9.17, 15) is 4.79 Å². The van der Waals surface area contributed by atoms with Gasteiger partial charge in [-0.25, -0.2) is 4.79 Å². The highest BCUT2D eigenvalue weighted by molar-refractivity contribution is 9.11. The van der Waals surface area contributed by atoms with Gasteiger partial charge in [0.1, 0.15) is 5.76 Å². The van der Waals surface area contributed by atoms with Crippen LogP contribution in [0.1, 0.15) is 10.6 Å². The standard InChI is InChI=1S/C11H6Br2O3/c12-6-1-2-7(8(13)5-6)9-3-4-10(16-9)11(14)15/h1-5H,(H,14,15). The zero-order valence-electron chi connectivity index (χ0n) is 7.91. The molecule has 0 aliphatic heterocycles. The fraction of sp³-hybridized carbons (Fsp3) is 0. The number of benzene rings is 1. The van der Waals surface area contributed by atoms with Crippen LogP contribution >= 0.6 is 31.9 Å². The zero-order chi connectivity index (χ0) is 11.7. The summed E-state index contributed by atoms with van der Waals surface area (Å²) in [6.07, 6.45) is 0. The minimum Gasteiger partial charge on any atom is -0.475 e. The van der Waals surface area contributed by atoms with E-state index in [-0.39, 0.29) is 5.76 Å². The highest BCUT2D eigenvalue weighted by Crippen LogP contribution is 2.31. The van der Waals surface area contributed by atoms with E-state index in [2.05, 4.69) is 31.9 Å². The third-order valence-electron chi connectivity index (χ3n) is 2.01. The first-order chi connectivity index (χ1) is 7.58. The van der Waals surface area contributed by atoms with Crippen LogP contribution in [0.4, 0.5) is 0 Å². The minimum atomic E-state index is -1.07. The Morgan fingerprint density at radius 3 is 2.50 bits per heavy atom. The maximum Gasteiger partial charge on any atom is 0.371 e. The second kappa shape index (κ2) is 4.43. The third kappa shape index (κ3) is 2.20. The van der Waals surface area contributed by atoms with Crippen molar-refractivity contribution in [1.29, 1.82) is 0 Å². The molecule has 1 heterocycles. The second-order valence-electron chi connectivity index (χ2n) is 3.09. The van der Waals surface area contributed by atoms with Crippen molar-refractivity contribution in [3.63, 3.8) is 0 Å². The van der Waals surface area contributed by atoms with Gasteiger partial charge >= 0.3 is 5.97 Å². The summed E-state index contributed by atoms with van der Waals surface area (Å²) in [6.45, 7) is 0. The number of carbonyl (C=O) groups is 1. The number of aromatic carboxylic acids is 1.